The summed E-state index contributed by atoms with van der Waals surface area (Å²) in [6.45, 7) is 10.5. The first-order chi connectivity index (χ1) is 9.94. The van der Waals surface area contributed by atoms with E-state index >= 15 is 0 Å². The minimum Gasteiger partial charge on any atom is -0.311 e. The number of rotatable bonds is 6. The minimum absolute atomic E-state index is 0.158. The molecule has 0 aliphatic carbocycles. The highest BCUT2D eigenvalue weighted by molar-refractivity contribution is 5.30. The maximum absolute atomic E-state index is 4.60. The van der Waals surface area contributed by atoms with Crippen LogP contribution < -0.4 is 10.6 Å². The first kappa shape index (κ1) is 15.7. The lowest BCUT2D eigenvalue weighted by atomic mass is 10.1. The fourth-order valence-electron chi connectivity index (χ4n) is 1.99. The third-order valence-corrected chi connectivity index (χ3v) is 3.24. The molecule has 2 rings (SSSR count). The van der Waals surface area contributed by atoms with Crippen molar-refractivity contribution in [1.82, 2.24) is 20.4 Å². The van der Waals surface area contributed by atoms with Gasteiger partial charge in [-0.15, -0.1) is 0 Å². The van der Waals surface area contributed by atoms with Crippen molar-refractivity contribution < 1.29 is 0 Å². The Morgan fingerprint density at radius 2 is 1.86 bits per heavy atom. The van der Waals surface area contributed by atoms with Crippen molar-refractivity contribution >= 4 is 0 Å². The molecule has 0 amide bonds. The summed E-state index contributed by atoms with van der Waals surface area (Å²) in [5, 5.41) is 11.6. The van der Waals surface area contributed by atoms with E-state index in [1.807, 2.05) is 29.1 Å². The topological polar surface area (TPSA) is 41.9 Å². The van der Waals surface area contributed by atoms with Gasteiger partial charge >= 0.3 is 0 Å². The van der Waals surface area contributed by atoms with Gasteiger partial charge in [-0.05, 0) is 45.9 Å². The standard InChI is InChI=1S/C17H26N4/c1-14(12-19-17(2,3)4)18-13-15-10-11-21(20-15)16-8-6-5-7-9-16/h5-11,14,18-19H,12-13H2,1-4H3. The van der Waals surface area contributed by atoms with Crippen molar-refractivity contribution in [3.63, 3.8) is 0 Å². The molecule has 0 aliphatic heterocycles. The summed E-state index contributed by atoms with van der Waals surface area (Å²) in [6, 6.07) is 12.6. The third-order valence-electron chi connectivity index (χ3n) is 3.24. The molecule has 0 saturated heterocycles. The van der Waals surface area contributed by atoms with Gasteiger partial charge in [-0.25, -0.2) is 4.68 Å². The molecule has 21 heavy (non-hydrogen) atoms. The summed E-state index contributed by atoms with van der Waals surface area (Å²) in [4.78, 5) is 0. The summed E-state index contributed by atoms with van der Waals surface area (Å²) < 4.78 is 1.91. The fourth-order valence-corrected chi connectivity index (χ4v) is 1.99. The second-order valence-corrected chi connectivity index (χ2v) is 6.50. The van der Waals surface area contributed by atoms with Gasteiger partial charge in [-0.1, -0.05) is 18.2 Å². The molecule has 0 bridgehead atoms. The van der Waals surface area contributed by atoms with Gasteiger partial charge in [0.2, 0.25) is 0 Å². The van der Waals surface area contributed by atoms with Crippen molar-refractivity contribution in [3.05, 3.63) is 48.3 Å². The molecular weight excluding hydrogens is 260 g/mol. The molecule has 0 spiro atoms. The first-order valence-electron chi connectivity index (χ1n) is 7.52. The number of hydrogen-bond acceptors (Lipinski definition) is 3. The Morgan fingerprint density at radius 1 is 1.14 bits per heavy atom. The quantitative estimate of drug-likeness (QED) is 0.858. The zero-order valence-electron chi connectivity index (χ0n) is 13.4. The molecule has 1 aromatic carbocycles. The van der Waals surface area contributed by atoms with E-state index in [2.05, 4.69) is 61.6 Å². The number of aromatic nitrogens is 2. The molecule has 4 heteroatoms. The molecule has 0 saturated carbocycles. The van der Waals surface area contributed by atoms with E-state index in [9.17, 15) is 0 Å². The molecule has 1 unspecified atom stereocenters. The van der Waals surface area contributed by atoms with E-state index in [1.54, 1.807) is 0 Å². The van der Waals surface area contributed by atoms with Crippen LogP contribution >= 0.6 is 0 Å². The Hall–Kier alpha value is -1.65. The molecule has 4 nitrogen and oxygen atoms in total. The smallest absolute Gasteiger partial charge is 0.0766 e. The first-order valence-corrected chi connectivity index (χ1v) is 7.52. The van der Waals surface area contributed by atoms with Crippen LogP contribution in [0, 0.1) is 0 Å². The second-order valence-electron chi connectivity index (χ2n) is 6.50. The Balaban J connectivity index is 1.83. The highest BCUT2D eigenvalue weighted by Crippen LogP contribution is 2.07. The van der Waals surface area contributed by atoms with E-state index in [-0.39, 0.29) is 5.54 Å². The van der Waals surface area contributed by atoms with Crippen LogP contribution in [0.3, 0.4) is 0 Å². The lowest BCUT2D eigenvalue weighted by Gasteiger charge is -2.23. The van der Waals surface area contributed by atoms with Gasteiger partial charge in [0.05, 0.1) is 11.4 Å². The molecule has 0 radical (unpaired) electrons. The average molecular weight is 286 g/mol. The zero-order chi connectivity index (χ0) is 15.3. The summed E-state index contributed by atoms with van der Waals surface area (Å²) in [6.07, 6.45) is 2.00. The van der Waals surface area contributed by atoms with Crippen LogP contribution in [0.25, 0.3) is 5.69 Å². The van der Waals surface area contributed by atoms with Crippen molar-refractivity contribution in [2.75, 3.05) is 6.54 Å². The molecule has 1 atom stereocenters. The van der Waals surface area contributed by atoms with Gasteiger partial charge in [0.25, 0.3) is 0 Å². The van der Waals surface area contributed by atoms with Crippen LogP contribution in [-0.2, 0) is 6.54 Å². The largest absolute Gasteiger partial charge is 0.311 e. The van der Waals surface area contributed by atoms with E-state index in [1.165, 1.54) is 0 Å². The van der Waals surface area contributed by atoms with Crippen LogP contribution in [0.5, 0.6) is 0 Å². The highest BCUT2D eigenvalue weighted by atomic mass is 15.3. The number of benzene rings is 1. The molecule has 114 valence electrons. The molecule has 1 aromatic heterocycles. The highest BCUT2D eigenvalue weighted by Gasteiger charge is 2.11. The Labute approximate surface area is 127 Å². The van der Waals surface area contributed by atoms with Crippen LogP contribution in [0.1, 0.15) is 33.4 Å². The van der Waals surface area contributed by atoms with Crippen LogP contribution in [0.2, 0.25) is 0 Å². The molecule has 0 aliphatic rings. The maximum Gasteiger partial charge on any atom is 0.0766 e. The number of para-hydroxylation sites is 1. The van der Waals surface area contributed by atoms with E-state index < -0.39 is 0 Å². The van der Waals surface area contributed by atoms with Gasteiger partial charge < -0.3 is 10.6 Å². The minimum atomic E-state index is 0.158. The average Bonchev–Trinajstić information content (AvgIpc) is 2.92. The summed E-state index contributed by atoms with van der Waals surface area (Å²) in [5.74, 6) is 0. The SMILES string of the molecule is CC(CNC(C)(C)C)NCc1ccn(-c2ccccc2)n1. The maximum atomic E-state index is 4.60. The monoisotopic (exact) mass is 286 g/mol. The van der Waals surface area contributed by atoms with E-state index in [4.69, 9.17) is 0 Å². The second kappa shape index (κ2) is 6.87. The van der Waals surface area contributed by atoms with Crippen molar-refractivity contribution in [2.24, 2.45) is 0 Å². The number of nitrogens with one attached hydrogen (secondary N) is 2. The predicted molar refractivity (Wildman–Crippen MR) is 87.6 cm³/mol. The fraction of sp³-hybridized carbons (Fsp3) is 0.471. The van der Waals surface area contributed by atoms with Gasteiger partial charge in [0.15, 0.2) is 0 Å². The molecule has 1 heterocycles. The zero-order valence-corrected chi connectivity index (χ0v) is 13.4. The summed E-state index contributed by atoms with van der Waals surface area (Å²) in [5.41, 5.74) is 2.30. The lowest BCUT2D eigenvalue weighted by Crippen LogP contribution is -2.44. The van der Waals surface area contributed by atoms with Gasteiger partial charge in [-0.3, -0.25) is 0 Å². The Bertz CT molecular complexity index is 539. The Morgan fingerprint density at radius 3 is 2.52 bits per heavy atom. The van der Waals surface area contributed by atoms with Crippen LogP contribution in [0.15, 0.2) is 42.6 Å². The van der Waals surface area contributed by atoms with Gasteiger partial charge in [0.1, 0.15) is 0 Å². The predicted octanol–water partition coefficient (Wildman–Crippen LogP) is 2.74. The van der Waals surface area contributed by atoms with Crippen molar-refractivity contribution in [3.8, 4) is 5.69 Å². The van der Waals surface area contributed by atoms with Crippen molar-refractivity contribution in [2.45, 2.75) is 45.8 Å². The number of nitrogens with zero attached hydrogens (tertiary/aromatic N) is 2. The number of hydrogen-bond donors (Lipinski definition) is 2. The van der Waals surface area contributed by atoms with E-state index in [0.717, 1.165) is 24.5 Å². The van der Waals surface area contributed by atoms with Gasteiger partial charge in [0, 0.05) is 30.9 Å². The lowest BCUT2D eigenvalue weighted by molar-refractivity contribution is 0.386. The Kier molecular flexibility index (Phi) is 5.15. The van der Waals surface area contributed by atoms with Crippen molar-refractivity contribution in [1.29, 1.82) is 0 Å². The molecule has 2 N–H and O–H groups in total. The summed E-state index contributed by atoms with van der Waals surface area (Å²) in [7, 11) is 0. The third kappa shape index (κ3) is 5.33. The molecule has 2 aromatic rings. The molecule has 0 fully saturated rings. The van der Waals surface area contributed by atoms with Crippen LogP contribution in [0.4, 0.5) is 0 Å². The van der Waals surface area contributed by atoms with Gasteiger partial charge in [-0.2, -0.15) is 5.10 Å². The molecular formula is C17H26N4. The van der Waals surface area contributed by atoms with E-state index in [0.29, 0.717) is 6.04 Å². The van der Waals surface area contributed by atoms with Crippen LogP contribution in [-0.4, -0.2) is 27.9 Å². The normalized spacial score (nSPS) is 13.3. The summed E-state index contributed by atoms with van der Waals surface area (Å²) >= 11 is 0.